The van der Waals surface area contributed by atoms with Crippen LogP contribution in [0.2, 0.25) is 0 Å². The summed E-state index contributed by atoms with van der Waals surface area (Å²) in [6.45, 7) is 3.04. The molecule has 0 N–H and O–H groups in total. The SMILES string of the molecule is Br.COc1ccc(N(CC(=O)c2ccc(C)cc2)C2=NCCCCC2)c(OC)c1. The van der Waals surface area contributed by atoms with Gasteiger partial charge in [-0.1, -0.05) is 36.2 Å². The molecule has 0 fully saturated rings. The van der Waals surface area contributed by atoms with E-state index in [2.05, 4.69) is 0 Å². The Hall–Kier alpha value is -2.34. The summed E-state index contributed by atoms with van der Waals surface area (Å²) in [6.07, 6.45) is 4.18. The van der Waals surface area contributed by atoms with E-state index in [0.717, 1.165) is 49.3 Å². The molecule has 0 saturated carbocycles. The number of aryl methyl sites for hydroxylation is 1. The Morgan fingerprint density at radius 3 is 2.48 bits per heavy atom. The Kier molecular flexibility index (Phi) is 8.70. The molecule has 5 nitrogen and oxygen atoms in total. The molecule has 0 saturated heterocycles. The average Bonchev–Trinajstić information content (AvgIpc) is 3.01. The van der Waals surface area contributed by atoms with E-state index in [-0.39, 0.29) is 29.3 Å². The van der Waals surface area contributed by atoms with Crippen LogP contribution in [0.15, 0.2) is 47.5 Å². The van der Waals surface area contributed by atoms with E-state index in [0.29, 0.717) is 17.1 Å². The molecule has 156 valence electrons. The number of nitrogens with zero attached hydrogens (tertiary/aromatic N) is 2. The number of ketones is 1. The number of methoxy groups -OCH3 is 2. The minimum Gasteiger partial charge on any atom is -0.497 e. The Labute approximate surface area is 183 Å². The monoisotopic (exact) mass is 460 g/mol. The molecule has 0 radical (unpaired) electrons. The Bertz CT molecular complexity index is 850. The number of carbonyl (C=O) groups excluding carboxylic acids is 1. The van der Waals surface area contributed by atoms with Crippen molar-refractivity contribution in [2.24, 2.45) is 4.99 Å². The first-order valence-electron chi connectivity index (χ1n) is 9.75. The number of rotatable bonds is 6. The molecule has 3 rings (SSSR count). The van der Waals surface area contributed by atoms with Crippen LogP contribution in [0, 0.1) is 6.92 Å². The predicted molar refractivity (Wildman–Crippen MR) is 123 cm³/mol. The molecule has 0 amide bonds. The minimum atomic E-state index is 0. The number of aliphatic imine (C=N–C) groups is 1. The van der Waals surface area contributed by atoms with Crippen molar-refractivity contribution in [1.82, 2.24) is 0 Å². The molecule has 2 aromatic carbocycles. The topological polar surface area (TPSA) is 51.1 Å². The zero-order chi connectivity index (χ0) is 19.9. The van der Waals surface area contributed by atoms with Crippen LogP contribution >= 0.6 is 17.0 Å². The molecule has 1 heterocycles. The first-order chi connectivity index (χ1) is 13.6. The van der Waals surface area contributed by atoms with Gasteiger partial charge in [0, 0.05) is 24.6 Å². The number of Topliss-reactive ketones (excluding diaryl/α,β-unsaturated/α-hetero) is 1. The number of ether oxygens (including phenoxy) is 2. The summed E-state index contributed by atoms with van der Waals surface area (Å²) in [6, 6.07) is 13.4. The van der Waals surface area contributed by atoms with E-state index in [1.165, 1.54) is 0 Å². The van der Waals surface area contributed by atoms with Crippen LogP contribution in [0.25, 0.3) is 0 Å². The van der Waals surface area contributed by atoms with Gasteiger partial charge in [0.05, 0.1) is 26.5 Å². The normalized spacial score (nSPS) is 13.6. The fourth-order valence-corrected chi connectivity index (χ4v) is 3.38. The van der Waals surface area contributed by atoms with Gasteiger partial charge in [0.15, 0.2) is 5.78 Å². The second-order valence-corrected chi connectivity index (χ2v) is 7.02. The van der Waals surface area contributed by atoms with Crippen LogP contribution in [0.4, 0.5) is 5.69 Å². The fourth-order valence-electron chi connectivity index (χ4n) is 3.38. The highest BCUT2D eigenvalue weighted by Gasteiger charge is 2.22. The molecule has 0 spiro atoms. The maximum absolute atomic E-state index is 13.0. The van der Waals surface area contributed by atoms with Crippen molar-refractivity contribution in [3.8, 4) is 11.5 Å². The van der Waals surface area contributed by atoms with Gasteiger partial charge in [-0.3, -0.25) is 9.79 Å². The number of anilines is 1. The van der Waals surface area contributed by atoms with Gasteiger partial charge < -0.3 is 14.4 Å². The Balaban J connectivity index is 0.00000300. The van der Waals surface area contributed by atoms with Crippen LogP contribution < -0.4 is 14.4 Å². The second-order valence-electron chi connectivity index (χ2n) is 7.02. The van der Waals surface area contributed by atoms with Gasteiger partial charge in [0.2, 0.25) is 0 Å². The van der Waals surface area contributed by atoms with Gasteiger partial charge in [-0.2, -0.15) is 0 Å². The maximum Gasteiger partial charge on any atom is 0.182 e. The van der Waals surface area contributed by atoms with E-state index in [4.69, 9.17) is 14.5 Å². The lowest BCUT2D eigenvalue weighted by molar-refractivity contribution is 0.100. The number of hydrogen-bond donors (Lipinski definition) is 0. The molecule has 0 aromatic heterocycles. The predicted octanol–water partition coefficient (Wildman–Crippen LogP) is 5.25. The summed E-state index contributed by atoms with van der Waals surface area (Å²) in [4.78, 5) is 19.8. The zero-order valence-electron chi connectivity index (χ0n) is 17.3. The van der Waals surface area contributed by atoms with Crippen molar-refractivity contribution in [1.29, 1.82) is 0 Å². The molecule has 1 aliphatic heterocycles. The van der Waals surface area contributed by atoms with E-state index < -0.39 is 0 Å². The quantitative estimate of drug-likeness (QED) is 0.552. The van der Waals surface area contributed by atoms with Gasteiger partial charge in [-0.15, -0.1) is 17.0 Å². The van der Waals surface area contributed by atoms with Gasteiger partial charge in [-0.25, -0.2) is 0 Å². The van der Waals surface area contributed by atoms with Crippen molar-refractivity contribution in [3.63, 3.8) is 0 Å². The van der Waals surface area contributed by atoms with E-state index in [1.807, 2.05) is 54.3 Å². The molecule has 2 aromatic rings. The summed E-state index contributed by atoms with van der Waals surface area (Å²) in [5.74, 6) is 2.39. The lowest BCUT2D eigenvalue weighted by Gasteiger charge is -2.27. The van der Waals surface area contributed by atoms with Crippen molar-refractivity contribution in [2.75, 3.05) is 32.2 Å². The summed E-state index contributed by atoms with van der Waals surface area (Å²) in [5.41, 5.74) is 2.68. The lowest BCUT2D eigenvalue weighted by atomic mass is 10.1. The number of hydrogen-bond acceptors (Lipinski definition) is 5. The third-order valence-electron chi connectivity index (χ3n) is 5.02. The second kappa shape index (κ2) is 11.0. The summed E-state index contributed by atoms with van der Waals surface area (Å²) < 4.78 is 10.9. The minimum absolute atomic E-state index is 0. The zero-order valence-corrected chi connectivity index (χ0v) is 19.0. The molecule has 0 atom stereocenters. The number of halogens is 1. The summed E-state index contributed by atoms with van der Waals surface area (Å²) in [7, 11) is 3.26. The molecule has 6 heteroatoms. The molecular formula is C23H29BrN2O3. The lowest BCUT2D eigenvalue weighted by Crippen LogP contribution is -2.36. The van der Waals surface area contributed by atoms with Crippen molar-refractivity contribution >= 4 is 34.3 Å². The highest BCUT2D eigenvalue weighted by atomic mass is 79.9. The summed E-state index contributed by atoms with van der Waals surface area (Å²) in [5, 5.41) is 0. The molecule has 0 unspecified atom stereocenters. The van der Waals surface area contributed by atoms with Crippen molar-refractivity contribution < 1.29 is 14.3 Å². The Morgan fingerprint density at radius 2 is 1.79 bits per heavy atom. The molecule has 0 bridgehead atoms. The number of benzene rings is 2. The third-order valence-corrected chi connectivity index (χ3v) is 5.02. The smallest absolute Gasteiger partial charge is 0.182 e. The van der Waals surface area contributed by atoms with Crippen LogP contribution in [-0.4, -0.2) is 38.9 Å². The number of amidine groups is 1. The molecule has 0 aliphatic carbocycles. The van der Waals surface area contributed by atoms with Crippen LogP contribution in [0.3, 0.4) is 0 Å². The van der Waals surface area contributed by atoms with E-state index in [9.17, 15) is 4.79 Å². The average molecular weight is 461 g/mol. The third kappa shape index (κ3) is 5.82. The van der Waals surface area contributed by atoms with Gasteiger partial charge in [0.1, 0.15) is 17.3 Å². The van der Waals surface area contributed by atoms with E-state index >= 15 is 0 Å². The van der Waals surface area contributed by atoms with Crippen molar-refractivity contribution in [3.05, 3.63) is 53.6 Å². The van der Waals surface area contributed by atoms with Crippen LogP contribution in [-0.2, 0) is 0 Å². The van der Waals surface area contributed by atoms with E-state index in [1.54, 1.807) is 14.2 Å². The maximum atomic E-state index is 13.0. The van der Waals surface area contributed by atoms with Crippen LogP contribution in [0.1, 0.15) is 41.6 Å². The van der Waals surface area contributed by atoms with Gasteiger partial charge in [-0.05, 0) is 31.9 Å². The molecule has 1 aliphatic rings. The Morgan fingerprint density at radius 1 is 1.03 bits per heavy atom. The first kappa shape index (κ1) is 22.9. The van der Waals surface area contributed by atoms with Gasteiger partial charge >= 0.3 is 0 Å². The highest BCUT2D eigenvalue weighted by Crippen LogP contribution is 2.33. The standard InChI is InChI=1S/C23H28N2O3.BrH/c1-17-8-10-18(11-9-17)21(26)16-25(23-7-5-4-6-14-24-23)20-13-12-19(27-2)15-22(20)28-3;/h8-13,15H,4-7,14,16H2,1-3H3;1H. The number of carbonyl (C=O) groups is 1. The van der Waals surface area contributed by atoms with Crippen molar-refractivity contribution in [2.45, 2.75) is 32.6 Å². The molecular weight excluding hydrogens is 432 g/mol. The fraction of sp³-hybridized carbons (Fsp3) is 0.391. The van der Waals surface area contributed by atoms with Crippen LogP contribution in [0.5, 0.6) is 11.5 Å². The first-order valence-corrected chi connectivity index (χ1v) is 9.75. The van der Waals surface area contributed by atoms with Gasteiger partial charge in [0.25, 0.3) is 0 Å². The summed E-state index contributed by atoms with van der Waals surface area (Å²) >= 11 is 0. The largest absolute Gasteiger partial charge is 0.497 e. The highest BCUT2D eigenvalue weighted by molar-refractivity contribution is 8.93. The molecule has 29 heavy (non-hydrogen) atoms.